The van der Waals surface area contributed by atoms with E-state index in [1.165, 1.54) is 30.0 Å². The number of morpholine rings is 1. The number of carbonyl (C=O) groups excluding carboxylic acids is 1. The summed E-state index contributed by atoms with van der Waals surface area (Å²) in [5.41, 5.74) is 1.37. The first-order valence-electron chi connectivity index (χ1n) is 10.5. The Morgan fingerprint density at radius 3 is 2.54 bits per heavy atom. The van der Waals surface area contributed by atoms with Crippen molar-refractivity contribution in [3.63, 3.8) is 0 Å². The third kappa shape index (κ3) is 3.72. The van der Waals surface area contributed by atoms with Crippen LogP contribution in [0, 0.1) is 12.8 Å². The Kier molecular flexibility index (Phi) is 5.76. The minimum Gasteiger partial charge on any atom is -0.379 e. The molecule has 7 heteroatoms. The standard InChI is InChI=1S/C21H30N2O4S/c1-16-8-9-18(28(25,26)22-11-13-27-14-12-22)15-19(16)21(24)23-10-4-6-17-5-2-3-7-20(17)23/h8-9,15,17,20H,2-7,10-14H2,1H3/t17-,20-/m1/s1. The van der Waals surface area contributed by atoms with E-state index in [-0.39, 0.29) is 10.8 Å². The predicted molar refractivity (Wildman–Crippen MR) is 107 cm³/mol. The fourth-order valence-corrected chi connectivity index (χ4v) is 6.39. The number of amides is 1. The van der Waals surface area contributed by atoms with Crippen molar-refractivity contribution in [3.05, 3.63) is 29.3 Å². The van der Waals surface area contributed by atoms with E-state index in [2.05, 4.69) is 0 Å². The van der Waals surface area contributed by atoms with Crippen molar-refractivity contribution >= 4 is 15.9 Å². The van der Waals surface area contributed by atoms with E-state index in [0.29, 0.717) is 43.8 Å². The number of sulfonamides is 1. The molecule has 154 valence electrons. The van der Waals surface area contributed by atoms with Gasteiger partial charge < -0.3 is 9.64 Å². The SMILES string of the molecule is Cc1ccc(S(=O)(=O)N2CCOCC2)cc1C(=O)N1CCC[C@H]2CCCC[C@H]21. The average Bonchev–Trinajstić information content (AvgIpc) is 2.73. The van der Waals surface area contributed by atoms with E-state index < -0.39 is 10.0 Å². The van der Waals surface area contributed by atoms with Crippen molar-refractivity contribution in [1.29, 1.82) is 0 Å². The minimum absolute atomic E-state index is 0.00636. The Bertz CT molecular complexity index is 831. The van der Waals surface area contributed by atoms with Crippen LogP contribution in [0.15, 0.2) is 23.1 Å². The van der Waals surface area contributed by atoms with Crippen LogP contribution >= 0.6 is 0 Å². The Morgan fingerprint density at radius 1 is 1.04 bits per heavy atom. The van der Waals surface area contributed by atoms with Crippen LogP contribution in [0.25, 0.3) is 0 Å². The summed E-state index contributed by atoms with van der Waals surface area (Å²) in [6.07, 6.45) is 6.96. The highest BCUT2D eigenvalue weighted by Crippen LogP contribution is 2.36. The van der Waals surface area contributed by atoms with Crippen LogP contribution in [-0.2, 0) is 14.8 Å². The molecule has 1 amide bonds. The molecule has 2 atom stereocenters. The summed E-state index contributed by atoms with van der Waals surface area (Å²) < 4.78 is 32.8. The van der Waals surface area contributed by atoms with Gasteiger partial charge in [0.25, 0.3) is 5.91 Å². The van der Waals surface area contributed by atoms with Crippen LogP contribution in [0.5, 0.6) is 0 Å². The van der Waals surface area contributed by atoms with Gasteiger partial charge in [-0.25, -0.2) is 8.42 Å². The molecule has 0 aromatic heterocycles. The topological polar surface area (TPSA) is 66.9 Å². The van der Waals surface area contributed by atoms with E-state index in [4.69, 9.17) is 4.74 Å². The summed E-state index contributed by atoms with van der Waals surface area (Å²) in [6, 6.07) is 5.29. The van der Waals surface area contributed by atoms with Gasteiger partial charge in [-0.1, -0.05) is 18.9 Å². The first-order valence-corrected chi connectivity index (χ1v) is 11.9. The first-order chi connectivity index (χ1) is 13.5. The smallest absolute Gasteiger partial charge is 0.254 e. The van der Waals surface area contributed by atoms with Gasteiger partial charge in [-0.2, -0.15) is 4.31 Å². The highest BCUT2D eigenvalue weighted by Gasteiger charge is 2.37. The molecule has 6 nitrogen and oxygen atoms in total. The van der Waals surface area contributed by atoms with Crippen molar-refractivity contribution in [2.24, 2.45) is 5.92 Å². The lowest BCUT2D eigenvalue weighted by molar-refractivity contribution is 0.0389. The summed E-state index contributed by atoms with van der Waals surface area (Å²) >= 11 is 0. The van der Waals surface area contributed by atoms with Crippen LogP contribution in [0.1, 0.15) is 54.4 Å². The van der Waals surface area contributed by atoms with Crippen molar-refractivity contribution in [1.82, 2.24) is 9.21 Å². The lowest BCUT2D eigenvalue weighted by Crippen LogP contribution is -2.49. The number of ether oxygens (including phenoxy) is 1. The minimum atomic E-state index is -3.61. The number of rotatable bonds is 3. The van der Waals surface area contributed by atoms with Crippen LogP contribution < -0.4 is 0 Å². The van der Waals surface area contributed by atoms with Gasteiger partial charge in [0, 0.05) is 31.2 Å². The maximum atomic E-state index is 13.4. The summed E-state index contributed by atoms with van der Waals surface area (Å²) in [4.78, 5) is 15.7. The maximum absolute atomic E-state index is 13.4. The molecule has 0 N–H and O–H groups in total. The number of fused-ring (bicyclic) bond motifs is 1. The number of aryl methyl sites for hydroxylation is 1. The molecule has 1 saturated carbocycles. The van der Waals surface area contributed by atoms with E-state index in [0.717, 1.165) is 24.9 Å². The number of benzene rings is 1. The molecule has 2 saturated heterocycles. The zero-order valence-corrected chi connectivity index (χ0v) is 17.4. The number of hydrogen-bond acceptors (Lipinski definition) is 4. The fourth-order valence-electron chi connectivity index (χ4n) is 4.96. The monoisotopic (exact) mass is 406 g/mol. The summed E-state index contributed by atoms with van der Waals surface area (Å²) in [5, 5.41) is 0. The van der Waals surface area contributed by atoms with E-state index in [1.54, 1.807) is 18.2 Å². The van der Waals surface area contributed by atoms with Gasteiger partial charge in [-0.15, -0.1) is 0 Å². The van der Waals surface area contributed by atoms with Gasteiger partial charge in [0.05, 0.1) is 18.1 Å². The van der Waals surface area contributed by atoms with Crippen molar-refractivity contribution < 1.29 is 17.9 Å². The molecule has 0 radical (unpaired) electrons. The van der Waals surface area contributed by atoms with Crippen LogP contribution in [0.2, 0.25) is 0 Å². The average molecular weight is 407 g/mol. The van der Waals surface area contributed by atoms with Crippen LogP contribution in [0.3, 0.4) is 0 Å². The third-order valence-electron chi connectivity index (χ3n) is 6.55. The first kappa shape index (κ1) is 19.9. The van der Waals surface area contributed by atoms with Gasteiger partial charge in [0.1, 0.15) is 0 Å². The maximum Gasteiger partial charge on any atom is 0.254 e. The molecule has 4 rings (SSSR count). The molecular weight excluding hydrogens is 376 g/mol. The number of piperidine rings is 1. The highest BCUT2D eigenvalue weighted by molar-refractivity contribution is 7.89. The lowest BCUT2D eigenvalue weighted by Gasteiger charge is -2.44. The Hall–Kier alpha value is -1.44. The zero-order chi connectivity index (χ0) is 19.7. The molecule has 1 aliphatic carbocycles. The molecule has 2 aliphatic heterocycles. The fraction of sp³-hybridized carbons (Fsp3) is 0.667. The van der Waals surface area contributed by atoms with E-state index in [1.807, 2.05) is 11.8 Å². The van der Waals surface area contributed by atoms with E-state index >= 15 is 0 Å². The van der Waals surface area contributed by atoms with Gasteiger partial charge >= 0.3 is 0 Å². The highest BCUT2D eigenvalue weighted by atomic mass is 32.2. The lowest BCUT2D eigenvalue weighted by atomic mass is 9.78. The molecular formula is C21H30N2O4S. The largest absolute Gasteiger partial charge is 0.379 e. The Balaban J connectivity index is 1.62. The molecule has 0 spiro atoms. The van der Waals surface area contributed by atoms with Crippen molar-refractivity contribution in [2.75, 3.05) is 32.8 Å². The quantitative estimate of drug-likeness (QED) is 0.774. The van der Waals surface area contributed by atoms with E-state index in [9.17, 15) is 13.2 Å². The molecule has 28 heavy (non-hydrogen) atoms. The van der Waals surface area contributed by atoms with Crippen molar-refractivity contribution in [2.45, 2.75) is 56.4 Å². The molecule has 0 bridgehead atoms. The summed E-state index contributed by atoms with van der Waals surface area (Å²) in [6.45, 7) is 4.20. The number of nitrogens with zero attached hydrogens (tertiary/aromatic N) is 2. The van der Waals surface area contributed by atoms with Gasteiger partial charge in [0.15, 0.2) is 0 Å². The molecule has 1 aromatic carbocycles. The molecule has 0 unspecified atom stereocenters. The second-order valence-corrected chi connectivity index (χ2v) is 10.2. The normalized spacial score (nSPS) is 26.7. The number of carbonyl (C=O) groups is 1. The molecule has 3 aliphatic rings. The second kappa shape index (κ2) is 8.13. The molecule has 3 fully saturated rings. The predicted octanol–water partition coefficient (Wildman–Crippen LogP) is 2.81. The Labute approximate surface area is 167 Å². The van der Waals surface area contributed by atoms with Gasteiger partial charge in [-0.05, 0) is 56.2 Å². The zero-order valence-electron chi connectivity index (χ0n) is 16.6. The van der Waals surface area contributed by atoms with Crippen LogP contribution in [0.4, 0.5) is 0 Å². The van der Waals surface area contributed by atoms with Crippen molar-refractivity contribution in [3.8, 4) is 0 Å². The Morgan fingerprint density at radius 2 is 1.75 bits per heavy atom. The second-order valence-electron chi connectivity index (χ2n) is 8.25. The number of hydrogen-bond donors (Lipinski definition) is 0. The van der Waals surface area contributed by atoms with Crippen LogP contribution in [-0.4, -0.2) is 62.4 Å². The van der Waals surface area contributed by atoms with Gasteiger partial charge in [0.2, 0.25) is 10.0 Å². The third-order valence-corrected chi connectivity index (χ3v) is 8.45. The summed E-state index contributed by atoms with van der Waals surface area (Å²) in [5.74, 6) is 0.597. The van der Waals surface area contributed by atoms with Gasteiger partial charge in [-0.3, -0.25) is 4.79 Å². The number of likely N-dealkylation sites (tertiary alicyclic amines) is 1. The summed E-state index contributed by atoms with van der Waals surface area (Å²) in [7, 11) is -3.61. The molecule has 1 aromatic rings. The molecule has 2 heterocycles.